The minimum Gasteiger partial charge on any atom is -0.0928 e. The zero-order valence-electron chi connectivity index (χ0n) is 10.0. The van der Waals surface area contributed by atoms with Crippen molar-refractivity contribution in [1.82, 2.24) is 0 Å². The molecule has 0 N–H and O–H groups in total. The normalized spacial score (nSPS) is 13.1. The van der Waals surface area contributed by atoms with Crippen molar-refractivity contribution < 1.29 is 0 Å². The molecule has 0 aliphatic carbocycles. The van der Waals surface area contributed by atoms with Crippen LogP contribution in [0, 0.1) is 5.92 Å². The van der Waals surface area contributed by atoms with E-state index in [9.17, 15) is 0 Å². The molecule has 0 aliphatic heterocycles. The van der Waals surface area contributed by atoms with Gasteiger partial charge in [0.25, 0.3) is 0 Å². The SMILES string of the molecule is CCCCCCCC[C@H](C)CCCBr. The van der Waals surface area contributed by atoms with E-state index in [1.807, 2.05) is 0 Å². The van der Waals surface area contributed by atoms with Gasteiger partial charge in [-0.15, -0.1) is 0 Å². The lowest BCUT2D eigenvalue weighted by Gasteiger charge is -2.09. The average molecular weight is 263 g/mol. The molecule has 0 nitrogen and oxygen atoms in total. The third-order valence-electron chi connectivity index (χ3n) is 2.88. The Morgan fingerprint density at radius 2 is 1.43 bits per heavy atom. The maximum absolute atomic E-state index is 3.49. The van der Waals surface area contributed by atoms with Crippen molar-refractivity contribution in [2.24, 2.45) is 5.92 Å². The predicted octanol–water partition coefficient (Wildman–Crippen LogP) is 5.55. The number of halogens is 1. The second-order valence-electron chi connectivity index (χ2n) is 4.49. The van der Waals surface area contributed by atoms with Crippen LogP contribution in [0.5, 0.6) is 0 Å². The minimum absolute atomic E-state index is 0.943. The van der Waals surface area contributed by atoms with Crippen LogP contribution in [-0.2, 0) is 0 Å². The Balaban J connectivity index is 3.02. The maximum Gasteiger partial charge on any atom is 0.00314 e. The molecule has 0 heterocycles. The van der Waals surface area contributed by atoms with Crippen molar-refractivity contribution >= 4 is 15.9 Å². The van der Waals surface area contributed by atoms with Gasteiger partial charge in [0, 0.05) is 5.33 Å². The summed E-state index contributed by atoms with van der Waals surface area (Å²) in [7, 11) is 0. The molecular weight excluding hydrogens is 236 g/mol. The summed E-state index contributed by atoms with van der Waals surface area (Å²) in [6.07, 6.45) is 12.8. The van der Waals surface area contributed by atoms with Gasteiger partial charge in [-0.1, -0.05) is 74.7 Å². The fourth-order valence-electron chi connectivity index (χ4n) is 1.84. The summed E-state index contributed by atoms with van der Waals surface area (Å²) < 4.78 is 0. The smallest absolute Gasteiger partial charge is 0.00314 e. The molecule has 0 aromatic heterocycles. The standard InChI is InChI=1S/C13H27Br/c1-3-4-5-6-7-8-10-13(2)11-9-12-14/h13H,3-12H2,1-2H3/t13-/m0/s1. The van der Waals surface area contributed by atoms with Gasteiger partial charge in [0.15, 0.2) is 0 Å². The number of alkyl halides is 1. The van der Waals surface area contributed by atoms with Crippen LogP contribution in [0.4, 0.5) is 0 Å². The van der Waals surface area contributed by atoms with Crippen molar-refractivity contribution in [3.05, 3.63) is 0 Å². The average Bonchev–Trinajstić information content (AvgIpc) is 2.20. The quantitative estimate of drug-likeness (QED) is 0.358. The van der Waals surface area contributed by atoms with E-state index in [1.54, 1.807) is 0 Å². The molecule has 0 aromatic rings. The largest absolute Gasteiger partial charge is 0.0928 e. The summed E-state index contributed by atoms with van der Waals surface area (Å²) >= 11 is 3.49. The molecule has 1 atom stereocenters. The molecule has 0 rings (SSSR count). The van der Waals surface area contributed by atoms with E-state index in [0.717, 1.165) is 5.92 Å². The van der Waals surface area contributed by atoms with Gasteiger partial charge >= 0.3 is 0 Å². The summed E-state index contributed by atoms with van der Waals surface area (Å²) in [4.78, 5) is 0. The van der Waals surface area contributed by atoms with E-state index < -0.39 is 0 Å². The van der Waals surface area contributed by atoms with Gasteiger partial charge < -0.3 is 0 Å². The number of hydrogen-bond acceptors (Lipinski definition) is 0. The Labute approximate surface area is 99.0 Å². The number of hydrogen-bond donors (Lipinski definition) is 0. The summed E-state index contributed by atoms with van der Waals surface area (Å²) in [5, 5.41) is 1.17. The van der Waals surface area contributed by atoms with Crippen molar-refractivity contribution in [2.75, 3.05) is 5.33 Å². The first-order valence-electron chi connectivity index (χ1n) is 6.37. The highest BCUT2D eigenvalue weighted by molar-refractivity contribution is 9.09. The van der Waals surface area contributed by atoms with E-state index in [-0.39, 0.29) is 0 Å². The highest BCUT2D eigenvalue weighted by Crippen LogP contribution is 2.16. The molecule has 14 heavy (non-hydrogen) atoms. The van der Waals surface area contributed by atoms with Gasteiger partial charge in [-0.05, 0) is 18.8 Å². The van der Waals surface area contributed by atoms with Gasteiger partial charge in [0.2, 0.25) is 0 Å². The molecular formula is C13H27Br. The van der Waals surface area contributed by atoms with E-state index in [4.69, 9.17) is 0 Å². The molecule has 0 aliphatic rings. The Hall–Kier alpha value is 0.480. The molecule has 0 spiro atoms. The minimum atomic E-state index is 0.943. The van der Waals surface area contributed by atoms with Gasteiger partial charge in [-0.25, -0.2) is 0 Å². The van der Waals surface area contributed by atoms with Gasteiger partial charge in [0.05, 0.1) is 0 Å². The van der Waals surface area contributed by atoms with Gasteiger partial charge in [-0.2, -0.15) is 0 Å². The van der Waals surface area contributed by atoms with Gasteiger partial charge in [-0.3, -0.25) is 0 Å². The highest BCUT2D eigenvalue weighted by atomic mass is 79.9. The molecule has 0 aromatic carbocycles. The second kappa shape index (κ2) is 11.6. The fourth-order valence-corrected chi connectivity index (χ4v) is 2.17. The molecule has 0 saturated heterocycles. The molecule has 0 bridgehead atoms. The predicted molar refractivity (Wildman–Crippen MR) is 70.2 cm³/mol. The zero-order valence-corrected chi connectivity index (χ0v) is 11.6. The van der Waals surface area contributed by atoms with E-state index in [2.05, 4.69) is 29.8 Å². The van der Waals surface area contributed by atoms with Crippen LogP contribution in [0.25, 0.3) is 0 Å². The first-order valence-corrected chi connectivity index (χ1v) is 7.49. The van der Waals surface area contributed by atoms with Crippen LogP contribution < -0.4 is 0 Å². The second-order valence-corrected chi connectivity index (χ2v) is 5.29. The summed E-state index contributed by atoms with van der Waals surface area (Å²) in [5.74, 6) is 0.943. The Morgan fingerprint density at radius 3 is 2.07 bits per heavy atom. The van der Waals surface area contributed by atoms with Crippen LogP contribution in [-0.4, -0.2) is 5.33 Å². The highest BCUT2D eigenvalue weighted by Gasteiger charge is 2.00. The Morgan fingerprint density at radius 1 is 0.857 bits per heavy atom. The van der Waals surface area contributed by atoms with Crippen LogP contribution in [0.3, 0.4) is 0 Å². The zero-order chi connectivity index (χ0) is 10.6. The van der Waals surface area contributed by atoms with E-state index in [1.165, 1.54) is 63.1 Å². The maximum atomic E-state index is 3.49. The third kappa shape index (κ3) is 10.6. The molecule has 0 saturated carbocycles. The lowest BCUT2D eigenvalue weighted by molar-refractivity contribution is 0.453. The lowest BCUT2D eigenvalue weighted by atomic mass is 9.98. The summed E-state index contributed by atoms with van der Waals surface area (Å²) in [5.41, 5.74) is 0. The third-order valence-corrected chi connectivity index (χ3v) is 3.44. The molecule has 1 heteroatoms. The van der Waals surface area contributed by atoms with Crippen LogP contribution in [0.1, 0.15) is 71.6 Å². The van der Waals surface area contributed by atoms with Crippen LogP contribution >= 0.6 is 15.9 Å². The molecule has 0 amide bonds. The van der Waals surface area contributed by atoms with E-state index in [0.29, 0.717) is 0 Å². The van der Waals surface area contributed by atoms with E-state index >= 15 is 0 Å². The number of unbranched alkanes of at least 4 members (excludes halogenated alkanes) is 5. The molecule has 0 radical (unpaired) electrons. The van der Waals surface area contributed by atoms with Gasteiger partial charge in [0.1, 0.15) is 0 Å². The first kappa shape index (κ1) is 14.5. The molecule has 86 valence electrons. The van der Waals surface area contributed by atoms with Crippen LogP contribution in [0.2, 0.25) is 0 Å². The summed E-state index contributed by atoms with van der Waals surface area (Å²) in [6.45, 7) is 4.68. The molecule has 0 unspecified atom stereocenters. The lowest BCUT2D eigenvalue weighted by Crippen LogP contribution is -1.95. The Bertz CT molecular complexity index is 101. The monoisotopic (exact) mass is 262 g/mol. The van der Waals surface area contributed by atoms with Crippen molar-refractivity contribution in [3.8, 4) is 0 Å². The van der Waals surface area contributed by atoms with Crippen molar-refractivity contribution in [2.45, 2.75) is 71.6 Å². The topological polar surface area (TPSA) is 0 Å². The fraction of sp³-hybridized carbons (Fsp3) is 1.00. The van der Waals surface area contributed by atoms with Crippen molar-refractivity contribution in [3.63, 3.8) is 0 Å². The molecule has 0 fully saturated rings. The van der Waals surface area contributed by atoms with Crippen molar-refractivity contribution in [1.29, 1.82) is 0 Å². The van der Waals surface area contributed by atoms with Crippen LogP contribution in [0.15, 0.2) is 0 Å². The number of rotatable bonds is 10. The Kier molecular flexibility index (Phi) is 12.0. The first-order chi connectivity index (χ1) is 6.81. The summed E-state index contributed by atoms with van der Waals surface area (Å²) in [6, 6.07) is 0.